The van der Waals surface area contributed by atoms with E-state index in [1.54, 1.807) is 62.0 Å². The normalized spacial score (nSPS) is 11.2. The SMILES string of the molecule is Cn1cc(-c2cc(NS(C)(=O)=O)ccc2Oc2cccnc2)ccc1=O. The highest BCUT2D eigenvalue weighted by atomic mass is 32.2. The zero-order valence-corrected chi connectivity index (χ0v) is 15.0. The van der Waals surface area contributed by atoms with E-state index >= 15 is 0 Å². The fraction of sp³-hybridized carbons (Fsp3) is 0.111. The molecule has 0 aliphatic carbocycles. The van der Waals surface area contributed by atoms with Crippen molar-refractivity contribution in [1.29, 1.82) is 0 Å². The maximum atomic E-state index is 11.7. The van der Waals surface area contributed by atoms with Crippen molar-refractivity contribution in [3.63, 3.8) is 0 Å². The van der Waals surface area contributed by atoms with Gasteiger partial charge in [0.25, 0.3) is 0 Å². The Kier molecular flexibility index (Phi) is 4.77. The van der Waals surface area contributed by atoms with Gasteiger partial charge < -0.3 is 9.30 Å². The third-order valence-corrected chi connectivity index (χ3v) is 4.15. The molecular formula is C18H17N3O4S. The topological polar surface area (TPSA) is 90.3 Å². The Labute approximate surface area is 151 Å². The van der Waals surface area contributed by atoms with Gasteiger partial charge in [0.1, 0.15) is 11.5 Å². The number of nitrogens with zero attached hydrogens (tertiary/aromatic N) is 2. The lowest BCUT2D eigenvalue weighted by Crippen LogP contribution is -2.14. The highest BCUT2D eigenvalue weighted by Crippen LogP contribution is 2.35. The van der Waals surface area contributed by atoms with Gasteiger partial charge in [-0.3, -0.25) is 14.5 Å². The van der Waals surface area contributed by atoms with Crippen LogP contribution in [0.2, 0.25) is 0 Å². The van der Waals surface area contributed by atoms with Gasteiger partial charge in [0, 0.05) is 42.3 Å². The maximum absolute atomic E-state index is 11.7. The third-order valence-electron chi connectivity index (χ3n) is 3.54. The van der Waals surface area contributed by atoms with Gasteiger partial charge in [-0.05, 0) is 36.4 Å². The van der Waals surface area contributed by atoms with Crippen molar-refractivity contribution in [1.82, 2.24) is 9.55 Å². The highest BCUT2D eigenvalue weighted by molar-refractivity contribution is 7.92. The van der Waals surface area contributed by atoms with Crippen LogP contribution in [0.3, 0.4) is 0 Å². The van der Waals surface area contributed by atoms with Crippen LogP contribution in [-0.2, 0) is 17.1 Å². The number of ether oxygens (including phenoxy) is 1. The molecule has 26 heavy (non-hydrogen) atoms. The smallest absolute Gasteiger partial charge is 0.250 e. The van der Waals surface area contributed by atoms with Crippen molar-refractivity contribution in [3.05, 3.63) is 71.4 Å². The van der Waals surface area contributed by atoms with Crippen LogP contribution in [0, 0.1) is 0 Å². The minimum Gasteiger partial charge on any atom is -0.455 e. The third kappa shape index (κ3) is 4.28. The Morgan fingerprint density at radius 3 is 2.62 bits per heavy atom. The molecule has 0 aliphatic heterocycles. The fourth-order valence-electron chi connectivity index (χ4n) is 2.41. The van der Waals surface area contributed by atoms with Gasteiger partial charge in [0.05, 0.1) is 12.5 Å². The first-order valence-corrected chi connectivity index (χ1v) is 9.58. The number of hydrogen-bond donors (Lipinski definition) is 1. The molecule has 0 atom stereocenters. The largest absolute Gasteiger partial charge is 0.455 e. The van der Waals surface area contributed by atoms with Crippen LogP contribution in [0.25, 0.3) is 11.1 Å². The molecule has 0 unspecified atom stereocenters. The Morgan fingerprint density at radius 2 is 1.96 bits per heavy atom. The lowest BCUT2D eigenvalue weighted by atomic mass is 10.1. The number of aryl methyl sites for hydroxylation is 1. The fourth-order valence-corrected chi connectivity index (χ4v) is 2.96. The summed E-state index contributed by atoms with van der Waals surface area (Å²) in [6, 6.07) is 11.6. The Hall–Kier alpha value is -3.13. The van der Waals surface area contributed by atoms with Crippen LogP contribution in [0.1, 0.15) is 0 Å². The summed E-state index contributed by atoms with van der Waals surface area (Å²) in [7, 11) is -1.77. The quantitative estimate of drug-likeness (QED) is 0.744. The van der Waals surface area contributed by atoms with Crippen molar-refractivity contribution in [2.75, 3.05) is 11.0 Å². The number of anilines is 1. The lowest BCUT2D eigenvalue weighted by molar-refractivity contribution is 0.482. The van der Waals surface area contributed by atoms with Crippen LogP contribution in [0.5, 0.6) is 11.5 Å². The molecule has 0 fully saturated rings. The summed E-state index contributed by atoms with van der Waals surface area (Å²) in [5, 5.41) is 0. The summed E-state index contributed by atoms with van der Waals surface area (Å²) in [5.74, 6) is 1.05. The predicted octanol–water partition coefficient (Wildman–Crippen LogP) is 2.61. The summed E-state index contributed by atoms with van der Waals surface area (Å²) in [6.07, 6.45) is 5.96. The minimum atomic E-state index is -3.42. The van der Waals surface area contributed by atoms with E-state index in [2.05, 4.69) is 9.71 Å². The molecule has 2 aromatic heterocycles. The van der Waals surface area contributed by atoms with Crippen molar-refractivity contribution in [2.24, 2.45) is 7.05 Å². The van der Waals surface area contributed by atoms with E-state index in [0.29, 0.717) is 28.3 Å². The number of benzene rings is 1. The van der Waals surface area contributed by atoms with E-state index in [1.807, 2.05) is 0 Å². The molecule has 0 saturated heterocycles. The second-order valence-electron chi connectivity index (χ2n) is 5.74. The number of sulfonamides is 1. The van der Waals surface area contributed by atoms with E-state index in [9.17, 15) is 13.2 Å². The molecule has 0 saturated carbocycles. The first kappa shape index (κ1) is 17.7. The molecule has 134 valence electrons. The summed E-state index contributed by atoms with van der Waals surface area (Å²) < 4.78 is 32.8. The molecule has 0 amide bonds. The Morgan fingerprint density at radius 1 is 1.15 bits per heavy atom. The molecule has 3 aromatic rings. The Balaban J connectivity index is 2.10. The van der Waals surface area contributed by atoms with Gasteiger partial charge in [-0.2, -0.15) is 0 Å². The van der Waals surface area contributed by atoms with Crippen molar-refractivity contribution >= 4 is 15.7 Å². The predicted molar refractivity (Wildman–Crippen MR) is 99.9 cm³/mol. The second kappa shape index (κ2) is 7.01. The molecule has 1 N–H and O–H groups in total. The van der Waals surface area contributed by atoms with Gasteiger partial charge in [-0.15, -0.1) is 0 Å². The summed E-state index contributed by atoms with van der Waals surface area (Å²) in [6.45, 7) is 0. The van der Waals surface area contributed by atoms with Crippen LogP contribution in [-0.4, -0.2) is 24.2 Å². The van der Waals surface area contributed by atoms with E-state index in [-0.39, 0.29) is 5.56 Å². The monoisotopic (exact) mass is 371 g/mol. The summed E-state index contributed by atoms with van der Waals surface area (Å²) >= 11 is 0. The van der Waals surface area contributed by atoms with Crippen LogP contribution in [0.15, 0.2) is 65.8 Å². The molecule has 0 bridgehead atoms. The van der Waals surface area contributed by atoms with Crippen LogP contribution >= 0.6 is 0 Å². The standard InChI is InChI=1S/C18H17N3O4S/c1-21-12-13(5-8-18(21)22)16-10-14(20-26(2,23)24)6-7-17(16)25-15-4-3-9-19-11-15/h3-12,20H,1-2H3. The molecule has 0 aliphatic rings. The van der Waals surface area contributed by atoms with E-state index < -0.39 is 10.0 Å². The summed E-state index contributed by atoms with van der Waals surface area (Å²) in [4.78, 5) is 15.7. The van der Waals surface area contributed by atoms with Crippen molar-refractivity contribution < 1.29 is 13.2 Å². The average molecular weight is 371 g/mol. The first-order valence-electron chi connectivity index (χ1n) is 7.68. The zero-order valence-electron chi connectivity index (χ0n) is 14.2. The van der Waals surface area contributed by atoms with Crippen LogP contribution in [0.4, 0.5) is 5.69 Å². The molecule has 2 heterocycles. The number of nitrogens with one attached hydrogen (secondary N) is 1. The minimum absolute atomic E-state index is 0.145. The number of pyridine rings is 2. The van der Waals surface area contributed by atoms with Crippen LogP contribution < -0.4 is 15.0 Å². The number of aromatic nitrogens is 2. The highest BCUT2D eigenvalue weighted by Gasteiger charge is 2.12. The van der Waals surface area contributed by atoms with E-state index in [0.717, 1.165) is 6.26 Å². The van der Waals surface area contributed by atoms with Gasteiger partial charge in [0.2, 0.25) is 15.6 Å². The van der Waals surface area contributed by atoms with Gasteiger partial charge in [0.15, 0.2) is 0 Å². The zero-order chi connectivity index (χ0) is 18.7. The molecule has 3 rings (SSSR count). The Bertz CT molecular complexity index is 1090. The second-order valence-corrected chi connectivity index (χ2v) is 7.49. The van der Waals surface area contributed by atoms with E-state index in [1.165, 1.54) is 10.6 Å². The first-order chi connectivity index (χ1) is 12.3. The van der Waals surface area contributed by atoms with E-state index in [4.69, 9.17) is 4.74 Å². The summed E-state index contributed by atoms with van der Waals surface area (Å²) in [5.41, 5.74) is 1.60. The number of rotatable bonds is 5. The van der Waals surface area contributed by atoms with Gasteiger partial charge in [-0.25, -0.2) is 8.42 Å². The van der Waals surface area contributed by atoms with Crippen molar-refractivity contribution in [2.45, 2.75) is 0 Å². The number of hydrogen-bond acceptors (Lipinski definition) is 5. The van der Waals surface area contributed by atoms with Crippen molar-refractivity contribution in [3.8, 4) is 22.6 Å². The average Bonchev–Trinajstić information content (AvgIpc) is 2.58. The molecule has 8 heteroatoms. The maximum Gasteiger partial charge on any atom is 0.250 e. The molecule has 0 radical (unpaired) electrons. The molecule has 7 nitrogen and oxygen atoms in total. The van der Waals surface area contributed by atoms with Gasteiger partial charge in [-0.1, -0.05) is 0 Å². The molecular weight excluding hydrogens is 354 g/mol. The lowest BCUT2D eigenvalue weighted by Gasteiger charge is -2.14. The van der Waals surface area contributed by atoms with Gasteiger partial charge >= 0.3 is 0 Å². The molecule has 0 spiro atoms. The molecule has 1 aromatic carbocycles.